The molecular weight excluding hydrogens is 310 g/mol. The molecule has 0 saturated heterocycles. The van der Waals surface area contributed by atoms with Gasteiger partial charge in [0.1, 0.15) is 17.5 Å². The van der Waals surface area contributed by atoms with Crippen LogP contribution in [0.1, 0.15) is 25.5 Å². The molecule has 7 heteroatoms. The number of rotatable bonds is 4. The van der Waals surface area contributed by atoms with E-state index in [2.05, 4.69) is 0 Å². The van der Waals surface area contributed by atoms with Crippen molar-refractivity contribution in [3.05, 3.63) is 28.8 Å². The lowest BCUT2D eigenvalue weighted by Crippen LogP contribution is -2.45. The van der Waals surface area contributed by atoms with Crippen LogP contribution in [-0.2, 0) is 14.3 Å². The average molecular weight is 326 g/mol. The summed E-state index contributed by atoms with van der Waals surface area (Å²) in [7, 11) is 1.46. The second-order valence-electron chi connectivity index (χ2n) is 4.95. The van der Waals surface area contributed by atoms with Crippen LogP contribution in [0.25, 0.3) is 0 Å². The van der Waals surface area contributed by atoms with Gasteiger partial charge in [0.15, 0.2) is 0 Å². The van der Waals surface area contributed by atoms with Gasteiger partial charge in [-0.15, -0.1) is 0 Å². The number of fused-ring (bicyclic) bond motifs is 1. The molecule has 22 heavy (non-hydrogen) atoms. The van der Waals surface area contributed by atoms with Crippen LogP contribution in [0, 0.1) is 5.92 Å². The number of ether oxygens (including phenoxy) is 2. The molecule has 0 N–H and O–H groups in total. The number of Topliss-reactive ketones (excluding diaryl/α,β-unsaturated/α-hetero) is 1. The van der Waals surface area contributed by atoms with Gasteiger partial charge in [-0.1, -0.05) is 11.6 Å². The molecule has 1 aliphatic heterocycles. The standard InChI is InChI=1S/C15H16ClNO5/c1-4-21-14(19)12(8(2)18)13-10-7-9(16)5-6-11(10)22-15(20)17(13)3/h5-7,12-13H,4H2,1-3H3. The lowest BCUT2D eigenvalue weighted by atomic mass is 9.88. The highest BCUT2D eigenvalue weighted by atomic mass is 35.5. The van der Waals surface area contributed by atoms with E-state index in [1.54, 1.807) is 19.1 Å². The van der Waals surface area contributed by atoms with Crippen molar-refractivity contribution in [2.75, 3.05) is 13.7 Å². The van der Waals surface area contributed by atoms with E-state index in [0.29, 0.717) is 10.6 Å². The zero-order chi connectivity index (χ0) is 16.4. The molecule has 2 unspecified atom stereocenters. The molecule has 0 bridgehead atoms. The summed E-state index contributed by atoms with van der Waals surface area (Å²) in [5.74, 6) is -1.91. The summed E-state index contributed by atoms with van der Waals surface area (Å²) >= 11 is 5.99. The minimum absolute atomic E-state index is 0.145. The Morgan fingerprint density at radius 1 is 1.45 bits per heavy atom. The average Bonchev–Trinajstić information content (AvgIpc) is 2.44. The van der Waals surface area contributed by atoms with E-state index in [-0.39, 0.29) is 12.4 Å². The highest BCUT2D eigenvalue weighted by molar-refractivity contribution is 6.30. The van der Waals surface area contributed by atoms with Crippen molar-refractivity contribution in [1.82, 2.24) is 4.90 Å². The maximum Gasteiger partial charge on any atom is 0.415 e. The molecule has 1 aliphatic rings. The fraction of sp³-hybridized carbons (Fsp3) is 0.400. The summed E-state index contributed by atoms with van der Waals surface area (Å²) in [4.78, 5) is 37.3. The van der Waals surface area contributed by atoms with Gasteiger partial charge in [0, 0.05) is 17.6 Å². The van der Waals surface area contributed by atoms with Crippen LogP contribution in [0.4, 0.5) is 4.79 Å². The molecule has 0 aromatic heterocycles. The van der Waals surface area contributed by atoms with Crippen molar-refractivity contribution >= 4 is 29.4 Å². The minimum Gasteiger partial charge on any atom is -0.465 e. The summed E-state index contributed by atoms with van der Waals surface area (Å²) in [6, 6.07) is 3.88. The second-order valence-corrected chi connectivity index (χ2v) is 5.38. The quantitative estimate of drug-likeness (QED) is 0.628. The smallest absolute Gasteiger partial charge is 0.415 e. The Morgan fingerprint density at radius 2 is 2.14 bits per heavy atom. The molecular formula is C15H16ClNO5. The third kappa shape index (κ3) is 2.92. The molecule has 0 saturated carbocycles. The van der Waals surface area contributed by atoms with E-state index >= 15 is 0 Å². The molecule has 118 valence electrons. The zero-order valence-corrected chi connectivity index (χ0v) is 13.2. The van der Waals surface area contributed by atoms with Crippen LogP contribution in [0.15, 0.2) is 18.2 Å². The Bertz CT molecular complexity index is 630. The number of amides is 1. The van der Waals surface area contributed by atoms with Crippen molar-refractivity contribution in [3.63, 3.8) is 0 Å². The van der Waals surface area contributed by atoms with Gasteiger partial charge in [-0.05, 0) is 32.0 Å². The number of hydrogen-bond acceptors (Lipinski definition) is 5. The molecule has 6 nitrogen and oxygen atoms in total. The minimum atomic E-state index is -1.13. The Balaban J connectivity index is 2.55. The van der Waals surface area contributed by atoms with Crippen molar-refractivity contribution < 1.29 is 23.9 Å². The molecule has 0 spiro atoms. The van der Waals surface area contributed by atoms with Gasteiger partial charge in [-0.25, -0.2) is 4.79 Å². The van der Waals surface area contributed by atoms with Crippen molar-refractivity contribution in [1.29, 1.82) is 0 Å². The first-order valence-corrected chi connectivity index (χ1v) is 7.15. The fourth-order valence-electron chi connectivity index (χ4n) is 2.48. The molecule has 1 amide bonds. The number of carbonyl (C=O) groups excluding carboxylic acids is 3. The van der Waals surface area contributed by atoms with E-state index in [0.717, 1.165) is 0 Å². The normalized spacial score (nSPS) is 18.3. The Labute approximate surface area is 132 Å². The van der Waals surface area contributed by atoms with Gasteiger partial charge in [0.05, 0.1) is 12.6 Å². The predicted octanol–water partition coefficient (Wildman–Crippen LogP) is 2.59. The fourth-order valence-corrected chi connectivity index (χ4v) is 2.66. The van der Waals surface area contributed by atoms with E-state index in [9.17, 15) is 14.4 Å². The Kier molecular flexibility index (Phi) is 4.71. The lowest BCUT2D eigenvalue weighted by molar-refractivity contribution is -0.153. The summed E-state index contributed by atoms with van der Waals surface area (Å²) in [6.45, 7) is 3.09. The van der Waals surface area contributed by atoms with Gasteiger partial charge in [0.25, 0.3) is 0 Å². The van der Waals surface area contributed by atoms with Crippen LogP contribution in [0.3, 0.4) is 0 Å². The number of halogens is 1. The van der Waals surface area contributed by atoms with Gasteiger partial charge in [-0.3, -0.25) is 9.59 Å². The van der Waals surface area contributed by atoms with Gasteiger partial charge in [0.2, 0.25) is 0 Å². The highest BCUT2D eigenvalue weighted by Crippen LogP contribution is 2.40. The van der Waals surface area contributed by atoms with Crippen LogP contribution in [-0.4, -0.2) is 36.4 Å². The third-order valence-corrected chi connectivity index (χ3v) is 3.72. The predicted molar refractivity (Wildman–Crippen MR) is 78.8 cm³/mol. The topological polar surface area (TPSA) is 72.9 Å². The Morgan fingerprint density at radius 3 is 2.73 bits per heavy atom. The first kappa shape index (κ1) is 16.3. The number of carbonyl (C=O) groups is 3. The number of nitrogens with zero attached hydrogens (tertiary/aromatic N) is 1. The lowest BCUT2D eigenvalue weighted by Gasteiger charge is -2.36. The summed E-state index contributed by atoms with van der Waals surface area (Å²) in [5, 5.41) is 0.418. The Hall–Kier alpha value is -2.08. The number of hydrogen-bond donors (Lipinski definition) is 0. The van der Waals surface area contributed by atoms with Gasteiger partial charge >= 0.3 is 12.1 Å². The third-order valence-electron chi connectivity index (χ3n) is 3.49. The van der Waals surface area contributed by atoms with Crippen molar-refractivity contribution in [2.24, 2.45) is 5.92 Å². The first-order chi connectivity index (χ1) is 10.4. The zero-order valence-electron chi connectivity index (χ0n) is 12.5. The van der Waals surface area contributed by atoms with Gasteiger partial charge < -0.3 is 14.4 Å². The molecule has 1 heterocycles. The molecule has 2 rings (SSSR count). The van der Waals surface area contributed by atoms with Crippen molar-refractivity contribution in [2.45, 2.75) is 19.9 Å². The highest BCUT2D eigenvalue weighted by Gasteiger charge is 2.43. The van der Waals surface area contributed by atoms with Crippen molar-refractivity contribution in [3.8, 4) is 5.75 Å². The van der Waals surface area contributed by atoms with E-state index in [1.807, 2.05) is 0 Å². The number of esters is 1. The SMILES string of the molecule is CCOC(=O)C(C(C)=O)C1c2cc(Cl)ccc2OC(=O)N1C. The number of benzene rings is 1. The molecule has 1 aromatic carbocycles. The largest absolute Gasteiger partial charge is 0.465 e. The maximum absolute atomic E-state index is 12.2. The summed E-state index contributed by atoms with van der Waals surface area (Å²) in [6.07, 6.45) is -0.643. The molecule has 0 aliphatic carbocycles. The van der Waals surface area contributed by atoms with Crippen LogP contribution in [0.2, 0.25) is 5.02 Å². The van der Waals surface area contributed by atoms with E-state index in [1.165, 1.54) is 24.9 Å². The maximum atomic E-state index is 12.2. The summed E-state index contributed by atoms with van der Waals surface area (Å²) < 4.78 is 10.1. The summed E-state index contributed by atoms with van der Waals surface area (Å²) in [5.41, 5.74) is 0.503. The molecule has 0 fully saturated rings. The monoisotopic (exact) mass is 325 g/mol. The number of ketones is 1. The molecule has 1 aromatic rings. The second kappa shape index (κ2) is 6.36. The molecule has 0 radical (unpaired) electrons. The van der Waals surface area contributed by atoms with E-state index in [4.69, 9.17) is 21.1 Å². The van der Waals surface area contributed by atoms with E-state index < -0.39 is 29.8 Å². The van der Waals surface area contributed by atoms with Gasteiger partial charge in [-0.2, -0.15) is 0 Å². The van der Waals surface area contributed by atoms with Crippen LogP contribution in [0.5, 0.6) is 5.75 Å². The first-order valence-electron chi connectivity index (χ1n) is 6.78. The van der Waals surface area contributed by atoms with Crippen LogP contribution >= 0.6 is 11.6 Å². The van der Waals surface area contributed by atoms with Crippen LogP contribution < -0.4 is 4.74 Å². The molecule has 2 atom stereocenters.